The molecule has 1 rings (SSSR count). The predicted octanol–water partition coefficient (Wildman–Crippen LogP) is 2.02. The second kappa shape index (κ2) is 5.68. The Morgan fingerprint density at radius 2 is 2.27 bits per heavy atom. The van der Waals surface area contributed by atoms with Gasteiger partial charge < -0.3 is 5.11 Å². The maximum atomic E-state index is 10.8. The number of carboxylic acid groups (broad SMARTS) is 1. The Morgan fingerprint density at radius 1 is 1.53 bits per heavy atom. The van der Waals surface area contributed by atoms with Crippen LogP contribution in [0.2, 0.25) is 0 Å². The third-order valence-corrected chi connectivity index (χ3v) is 3.02. The molecule has 1 aliphatic rings. The summed E-state index contributed by atoms with van der Waals surface area (Å²) in [7, 11) is 0. The molecule has 15 heavy (non-hydrogen) atoms. The number of carboxylic acids is 1. The van der Waals surface area contributed by atoms with Crippen LogP contribution < -0.4 is 0 Å². The number of hydrogen-bond donors (Lipinski definition) is 1. The summed E-state index contributed by atoms with van der Waals surface area (Å²) in [6.45, 7) is 2.37. The predicted molar refractivity (Wildman–Crippen MR) is 56.2 cm³/mol. The van der Waals surface area contributed by atoms with E-state index in [9.17, 15) is 9.70 Å². The van der Waals surface area contributed by atoms with Crippen molar-refractivity contribution in [3.05, 3.63) is 4.91 Å². The van der Waals surface area contributed by atoms with Crippen molar-refractivity contribution in [3.63, 3.8) is 0 Å². The molecule has 5 heteroatoms. The molecule has 0 bridgehead atoms. The Balaban J connectivity index is 2.48. The average Bonchev–Trinajstić information content (AvgIpc) is 2.25. The minimum Gasteiger partial charge on any atom is -0.481 e. The summed E-state index contributed by atoms with van der Waals surface area (Å²) in [6.07, 6.45) is 4.52. The molecule has 2 atom stereocenters. The second-order valence-electron chi connectivity index (χ2n) is 4.11. The monoisotopic (exact) mass is 214 g/mol. The molecule has 1 aliphatic heterocycles. The quantitative estimate of drug-likeness (QED) is 0.711. The lowest BCUT2D eigenvalue weighted by Crippen LogP contribution is -2.42. The number of piperidine rings is 1. The molecule has 0 aromatic rings. The number of nitrogens with zero attached hydrogens (tertiary/aromatic N) is 2. The van der Waals surface area contributed by atoms with Gasteiger partial charge in [-0.05, 0) is 19.3 Å². The summed E-state index contributed by atoms with van der Waals surface area (Å²) in [4.78, 5) is 21.4. The fraction of sp³-hybridized carbons (Fsp3) is 0.900. The fourth-order valence-electron chi connectivity index (χ4n) is 2.04. The summed E-state index contributed by atoms with van der Waals surface area (Å²) in [5, 5.41) is 13.2. The zero-order valence-electron chi connectivity index (χ0n) is 9.06. The van der Waals surface area contributed by atoms with Crippen molar-refractivity contribution in [2.24, 2.45) is 11.2 Å². The van der Waals surface area contributed by atoms with Crippen molar-refractivity contribution in [2.45, 2.75) is 45.1 Å². The molecule has 1 saturated heterocycles. The van der Waals surface area contributed by atoms with Crippen LogP contribution in [-0.2, 0) is 4.79 Å². The van der Waals surface area contributed by atoms with Gasteiger partial charge in [0.2, 0.25) is 0 Å². The molecule has 1 N–H and O–H groups in total. The van der Waals surface area contributed by atoms with E-state index in [0.717, 1.165) is 25.7 Å². The smallest absolute Gasteiger partial charge is 0.308 e. The molecule has 1 heterocycles. The van der Waals surface area contributed by atoms with Crippen LogP contribution in [0.5, 0.6) is 0 Å². The molecule has 86 valence electrons. The zero-order valence-corrected chi connectivity index (χ0v) is 9.06. The Morgan fingerprint density at radius 3 is 2.80 bits per heavy atom. The lowest BCUT2D eigenvalue weighted by Gasteiger charge is -2.33. The van der Waals surface area contributed by atoms with Gasteiger partial charge in [-0.25, -0.2) is 0 Å². The van der Waals surface area contributed by atoms with Gasteiger partial charge in [-0.3, -0.25) is 9.80 Å². The first-order chi connectivity index (χ1) is 7.19. The maximum absolute atomic E-state index is 10.8. The molecule has 0 aromatic carbocycles. The highest BCUT2D eigenvalue weighted by Crippen LogP contribution is 2.25. The van der Waals surface area contributed by atoms with Crippen LogP contribution in [0.4, 0.5) is 0 Å². The van der Waals surface area contributed by atoms with Crippen LogP contribution in [0.25, 0.3) is 0 Å². The number of nitroso groups, excluding NO2 is 1. The van der Waals surface area contributed by atoms with Crippen LogP contribution in [0.3, 0.4) is 0 Å². The molecule has 0 amide bonds. The SMILES string of the molecule is CCCCC1CCC(C(=O)O)CN1N=O. The topological polar surface area (TPSA) is 70.0 Å². The molecule has 0 saturated carbocycles. The van der Waals surface area contributed by atoms with Gasteiger partial charge in [-0.15, -0.1) is 4.91 Å². The number of hydrogen-bond acceptors (Lipinski definition) is 3. The van der Waals surface area contributed by atoms with Crippen LogP contribution in [0.15, 0.2) is 5.29 Å². The van der Waals surface area contributed by atoms with E-state index in [-0.39, 0.29) is 12.6 Å². The highest BCUT2D eigenvalue weighted by atomic mass is 16.4. The molecular weight excluding hydrogens is 196 g/mol. The summed E-state index contributed by atoms with van der Waals surface area (Å²) in [5.41, 5.74) is 0. The van der Waals surface area contributed by atoms with E-state index in [2.05, 4.69) is 12.2 Å². The van der Waals surface area contributed by atoms with E-state index in [0.29, 0.717) is 6.42 Å². The van der Waals surface area contributed by atoms with Crippen molar-refractivity contribution < 1.29 is 9.90 Å². The van der Waals surface area contributed by atoms with Crippen LogP contribution in [0, 0.1) is 10.8 Å². The molecule has 2 unspecified atom stereocenters. The summed E-state index contributed by atoms with van der Waals surface area (Å²) in [6, 6.07) is 0.151. The van der Waals surface area contributed by atoms with E-state index >= 15 is 0 Å². The van der Waals surface area contributed by atoms with Gasteiger partial charge in [0.1, 0.15) is 0 Å². The zero-order chi connectivity index (χ0) is 11.3. The van der Waals surface area contributed by atoms with Gasteiger partial charge in [0, 0.05) is 0 Å². The number of carbonyl (C=O) groups is 1. The summed E-state index contributed by atoms with van der Waals surface area (Å²) in [5.74, 6) is -1.25. The van der Waals surface area contributed by atoms with Gasteiger partial charge in [-0.1, -0.05) is 19.8 Å². The average molecular weight is 214 g/mol. The lowest BCUT2D eigenvalue weighted by molar-refractivity contribution is -0.144. The van der Waals surface area contributed by atoms with E-state index in [1.54, 1.807) is 0 Å². The summed E-state index contributed by atoms with van der Waals surface area (Å²) < 4.78 is 0. The first-order valence-electron chi connectivity index (χ1n) is 5.51. The second-order valence-corrected chi connectivity index (χ2v) is 4.11. The van der Waals surface area contributed by atoms with Crippen molar-refractivity contribution in [1.82, 2.24) is 5.01 Å². The minimum absolute atomic E-state index is 0.151. The van der Waals surface area contributed by atoms with Gasteiger partial charge in [-0.2, -0.15) is 0 Å². The molecule has 0 spiro atoms. The third kappa shape index (κ3) is 3.18. The Bertz CT molecular complexity index is 233. The number of rotatable bonds is 5. The third-order valence-electron chi connectivity index (χ3n) is 3.02. The van der Waals surface area contributed by atoms with E-state index in [1.165, 1.54) is 5.01 Å². The first-order valence-corrected chi connectivity index (χ1v) is 5.51. The maximum Gasteiger partial charge on any atom is 0.308 e. The Labute approximate surface area is 89.4 Å². The van der Waals surface area contributed by atoms with Gasteiger partial charge in [0.15, 0.2) is 0 Å². The first kappa shape index (κ1) is 11.9. The van der Waals surface area contributed by atoms with Crippen molar-refractivity contribution >= 4 is 5.97 Å². The number of unbranched alkanes of at least 4 members (excludes halogenated alkanes) is 1. The van der Waals surface area contributed by atoms with Crippen molar-refractivity contribution in [3.8, 4) is 0 Å². The molecular formula is C10H18N2O3. The fourth-order valence-corrected chi connectivity index (χ4v) is 2.04. The molecule has 0 radical (unpaired) electrons. The van der Waals surface area contributed by atoms with E-state index in [4.69, 9.17) is 5.11 Å². The van der Waals surface area contributed by atoms with Crippen LogP contribution >= 0.6 is 0 Å². The lowest BCUT2D eigenvalue weighted by atomic mass is 9.91. The van der Waals surface area contributed by atoms with Crippen LogP contribution in [-0.4, -0.2) is 28.7 Å². The van der Waals surface area contributed by atoms with Gasteiger partial charge in [0.05, 0.1) is 23.8 Å². The Hall–Kier alpha value is -1.13. The van der Waals surface area contributed by atoms with Crippen molar-refractivity contribution in [2.75, 3.05) is 6.54 Å². The molecule has 1 fully saturated rings. The van der Waals surface area contributed by atoms with Crippen molar-refractivity contribution in [1.29, 1.82) is 0 Å². The molecule has 0 aromatic heterocycles. The standard InChI is InChI=1S/C10H18N2O3/c1-2-3-4-9-6-5-8(10(13)14)7-12(9)11-15/h8-9H,2-7H2,1H3,(H,13,14). The highest BCUT2D eigenvalue weighted by molar-refractivity contribution is 5.70. The minimum atomic E-state index is -0.822. The normalized spacial score (nSPS) is 26.3. The van der Waals surface area contributed by atoms with E-state index < -0.39 is 11.9 Å². The van der Waals surface area contributed by atoms with Gasteiger partial charge >= 0.3 is 5.97 Å². The highest BCUT2D eigenvalue weighted by Gasteiger charge is 2.31. The molecule has 5 nitrogen and oxygen atoms in total. The molecule has 0 aliphatic carbocycles. The Kier molecular flexibility index (Phi) is 4.52. The number of aliphatic carboxylic acids is 1. The van der Waals surface area contributed by atoms with Gasteiger partial charge in [0.25, 0.3) is 0 Å². The summed E-state index contributed by atoms with van der Waals surface area (Å²) >= 11 is 0. The largest absolute Gasteiger partial charge is 0.481 e. The van der Waals surface area contributed by atoms with E-state index in [1.807, 2.05) is 0 Å². The van der Waals surface area contributed by atoms with Crippen LogP contribution in [0.1, 0.15) is 39.0 Å².